The fourth-order valence-electron chi connectivity index (χ4n) is 3.27. The summed E-state index contributed by atoms with van der Waals surface area (Å²) in [5, 5.41) is 12.5. The molecule has 1 aliphatic rings. The number of aromatic amines is 1. The number of pyridine rings is 1. The van der Waals surface area contributed by atoms with Crippen molar-refractivity contribution >= 4 is 22.6 Å². The van der Waals surface area contributed by atoms with Crippen molar-refractivity contribution in [3.63, 3.8) is 0 Å². The van der Waals surface area contributed by atoms with E-state index < -0.39 is 36.7 Å². The zero-order chi connectivity index (χ0) is 20.3. The number of amides is 2. The van der Waals surface area contributed by atoms with E-state index in [0.29, 0.717) is 16.3 Å². The monoisotopic (exact) mass is 388 g/mol. The van der Waals surface area contributed by atoms with E-state index in [1.165, 1.54) is 6.20 Å². The molecule has 1 fully saturated rings. The molecule has 0 aliphatic carbocycles. The third-order valence-electron chi connectivity index (χ3n) is 4.65. The quantitative estimate of drug-likeness (QED) is 0.762. The highest BCUT2D eigenvalue weighted by molar-refractivity contribution is 6.06. The molecule has 1 aromatic carbocycles. The average Bonchev–Trinajstić information content (AvgIpc) is 3.00. The highest BCUT2D eigenvalue weighted by Gasteiger charge is 2.46. The highest BCUT2D eigenvalue weighted by Crippen LogP contribution is 2.32. The number of carbonyl (C=O) groups is 2. The van der Waals surface area contributed by atoms with Gasteiger partial charge in [-0.2, -0.15) is 5.26 Å². The van der Waals surface area contributed by atoms with E-state index in [9.17, 15) is 23.2 Å². The molecular weight excluding hydrogens is 370 g/mol. The largest absolute Gasteiger partial charge is 0.352 e. The molecule has 1 aromatic heterocycles. The van der Waals surface area contributed by atoms with Crippen molar-refractivity contribution in [3.8, 4) is 6.07 Å². The Hall–Kier alpha value is -3.28. The van der Waals surface area contributed by atoms with Gasteiger partial charge in [0.2, 0.25) is 5.91 Å². The van der Waals surface area contributed by atoms with Crippen molar-refractivity contribution in [2.45, 2.75) is 31.2 Å². The number of H-pyrrole nitrogens is 1. The van der Waals surface area contributed by atoms with E-state index in [-0.39, 0.29) is 24.9 Å². The lowest BCUT2D eigenvalue weighted by Crippen LogP contribution is -2.36. The summed E-state index contributed by atoms with van der Waals surface area (Å²) >= 11 is 0. The minimum absolute atomic E-state index is 0.0547. The predicted molar refractivity (Wildman–Crippen MR) is 96.8 cm³/mol. The van der Waals surface area contributed by atoms with Gasteiger partial charge >= 0.3 is 0 Å². The van der Waals surface area contributed by atoms with Gasteiger partial charge in [-0.05, 0) is 12.5 Å². The fourth-order valence-corrected chi connectivity index (χ4v) is 3.27. The van der Waals surface area contributed by atoms with Crippen LogP contribution in [0.1, 0.15) is 29.6 Å². The summed E-state index contributed by atoms with van der Waals surface area (Å²) in [7, 11) is 0. The molecular formula is C19H18F2N4O3. The molecule has 2 amide bonds. The van der Waals surface area contributed by atoms with Crippen LogP contribution in [-0.4, -0.2) is 46.8 Å². The molecule has 0 radical (unpaired) electrons. The number of halogens is 2. The summed E-state index contributed by atoms with van der Waals surface area (Å²) in [5.74, 6) is -4.00. The van der Waals surface area contributed by atoms with E-state index in [0.717, 1.165) is 4.90 Å². The molecule has 3 rings (SSSR count). The summed E-state index contributed by atoms with van der Waals surface area (Å²) in [6, 6.07) is 7.30. The van der Waals surface area contributed by atoms with Crippen molar-refractivity contribution in [1.82, 2.24) is 15.2 Å². The molecule has 2 aromatic rings. The second-order valence-electron chi connectivity index (χ2n) is 6.66. The normalized spacial score (nSPS) is 18.0. The first kappa shape index (κ1) is 19.5. The van der Waals surface area contributed by atoms with E-state index in [1.807, 2.05) is 0 Å². The molecule has 1 unspecified atom stereocenters. The Kier molecular flexibility index (Phi) is 5.40. The smallest absolute Gasteiger partial charge is 0.268 e. The van der Waals surface area contributed by atoms with Crippen molar-refractivity contribution in [1.29, 1.82) is 5.26 Å². The van der Waals surface area contributed by atoms with Crippen LogP contribution in [-0.2, 0) is 4.79 Å². The number of alkyl halides is 2. The Morgan fingerprint density at radius 3 is 2.75 bits per heavy atom. The Labute approximate surface area is 158 Å². The lowest BCUT2D eigenvalue weighted by molar-refractivity contribution is -0.132. The zero-order valence-electron chi connectivity index (χ0n) is 14.9. The molecule has 0 saturated carbocycles. The number of nitriles is 1. The van der Waals surface area contributed by atoms with Crippen molar-refractivity contribution < 1.29 is 18.4 Å². The number of benzene rings is 1. The highest BCUT2D eigenvalue weighted by atomic mass is 19.3. The minimum atomic E-state index is -3.05. The summed E-state index contributed by atoms with van der Waals surface area (Å²) in [4.78, 5) is 39.7. The fraction of sp³-hybridized carbons (Fsp3) is 0.368. The number of hydrogen-bond acceptors (Lipinski definition) is 4. The van der Waals surface area contributed by atoms with Crippen molar-refractivity contribution in [2.24, 2.45) is 0 Å². The van der Waals surface area contributed by atoms with Crippen LogP contribution >= 0.6 is 0 Å². The van der Waals surface area contributed by atoms with Crippen molar-refractivity contribution in [3.05, 3.63) is 46.4 Å². The lowest BCUT2D eigenvalue weighted by atomic mass is 10.1. The van der Waals surface area contributed by atoms with E-state index in [2.05, 4.69) is 10.3 Å². The van der Waals surface area contributed by atoms with Crippen molar-refractivity contribution in [2.75, 3.05) is 13.1 Å². The first-order valence-corrected chi connectivity index (χ1v) is 8.78. The second kappa shape index (κ2) is 7.76. The number of nitrogens with zero attached hydrogens (tertiary/aromatic N) is 2. The summed E-state index contributed by atoms with van der Waals surface area (Å²) in [6.07, 6.45) is 0.868. The van der Waals surface area contributed by atoms with Gasteiger partial charge in [-0.1, -0.05) is 18.2 Å². The van der Waals surface area contributed by atoms with Crippen LogP contribution in [0.4, 0.5) is 8.78 Å². The van der Waals surface area contributed by atoms with Crippen LogP contribution in [0.25, 0.3) is 10.8 Å². The zero-order valence-corrected chi connectivity index (χ0v) is 14.9. The standard InChI is InChI=1S/C19H18F2N4O3/c20-19(21)8-12(9-22)25(11-19)16(26)6-3-7-23-18(28)15-10-24-17(27)14-5-2-1-4-13(14)15/h1-2,4-5,10,12H,3,6-8,11H2,(H,23,28)(H,24,27). The molecule has 7 nitrogen and oxygen atoms in total. The number of likely N-dealkylation sites (tertiary alicyclic amines) is 1. The molecule has 1 saturated heterocycles. The van der Waals surface area contributed by atoms with E-state index in [1.54, 1.807) is 30.3 Å². The van der Waals surface area contributed by atoms with Gasteiger partial charge < -0.3 is 15.2 Å². The van der Waals surface area contributed by atoms with Gasteiger partial charge in [0, 0.05) is 36.4 Å². The maximum absolute atomic E-state index is 13.4. The molecule has 28 heavy (non-hydrogen) atoms. The Bertz CT molecular complexity index is 1010. The first-order chi connectivity index (χ1) is 13.3. The number of carbonyl (C=O) groups excluding carboxylic acids is 2. The maximum Gasteiger partial charge on any atom is 0.268 e. The molecule has 0 bridgehead atoms. The van der Waals surface area contributed by atoms with Gasteiger partial charge in [0.15, 0.2) is 0 Å². The molecule has 2 N–H and O–H groups in total. The molecule has 1 atom stereocenters. The third kappa shape index (κ3) is 4.01. The van der Waals surface area contributed by atoms with E-state index >= 15 is 0 Å². The second-order valence-corrected chi connectivity index (χ2v) is 6.66. The van der Waals surface area contributed by atoms with Gasteiger partial charge in [0.25, 0.3) is 17.4 Å². The molecule has 1 aliphatic heterocycles. The Morgan fingerprint density at radius 2 is 2.04 bits per heavy atom. The number of aromatic nitrogens is 1. The number of fused-ring (bicyclic) bond motifs is 1. The van der Waals surface area contributed by atoms with Gasteiger partial charge in [-0.25, -0.2) is 8.78 Å². The van der Waals surface area contributed by atoms with Crippen LogP contribution in [0.5, 0.6) is 0 Å². The summed E-state index contributed by atoms with van der Waals surface area (Å²) < 4.78 is 26.8. The minimum Gasteiger partial charge on any atom is -0.352 e. The molecule has 2 heterocycles. The van der Waals surface area contributed by atoms with E-state index in [4.69, 9.17) is 5.26 Å². The number of rotatable bonds is 5. The average molecular weight is 388 g/mol. The SMILES string of the molecule is N#CC1CC(F)(F)CN1C(=O)CCCNC(=O)c1c[nH]c(=O)c2ccccc12. The molecule has 9 heteroatoms. The number of nitrogens with one attached hydrogen (secondary N) is 2. The van der Waals surface area contributed by atoms with Crippen LogP contribution < -0.4 is 10.9 Å². The Morgan fingerprint density at radius 1 is 1.32 bits per heavy atom. The third-order valence-corrected chi connectivity index (χ3v) is 4.65. The van der Waals surface area contributed by atoms with Crippen LogP contribution in [0.3, 0.4) is 0 Å². The van der Waals surface area contributed by atoms with Gasteiger partial charge in [0.1, 0.15) is 6.04 Å². The van der Waals surface area contributed by atoms with Crippen LogP contribution in [0.15, 0.2) is 35.3 Å². The summed E-state index contributed by atoms with van der Waals surface area (Å²) in [6.45, 7) is -0.598. The maximum atomic E-state index is 13.4. The lowest BCUT2D eigenvalue weighted by Gasteiger charge is -2.19. The predicted octanol–water partition coefficient (Wildman–Crippen LogP) is 1.80. The number of hydrogen-bond donors (Lipinski definition) is 2. The topological polar surface area (TPSA) is 106 Å². The summed E-state index contributed by atoms with van der Waals surface area (Å²) in [5.41, 5.74) is -0.00235. The first-order valence-electron chi connectivity index (χ1n) is 8.78. The molecule has 0 spiro atoms. The Balaban J connectivity index is 1.56. The molecule has 146 valence electrons. The van der Waals surface area contributed by atoms with Crippen LogP contribution in [0, 0.1) is 11.3 Å². The van der Waals surface area contributed by atoms with Gasteiger partial charge in [-0.3, -0.25) is 14.4 Å². The van der Waals surface area contributed by atoms with Crippen LogP contribution in [0.2, 0.25) is 0 Å². The van der Waals surface area contributed by atoms with Gasteiger partial charge in [-0.15, -0.1) is 0 Å². The van der Waals surface area contributed by atoms with Gasteiger partial charge in [0.05, 0.1) is 18.2 Å².